The lowest BCUT2D eigenvalue weighted by Crippen LogP contribution is -2.47. The number of ether oxygens (including phenoxy) is 1. The van der Waals surface area contributed by atoms with Gasteiger partial charge < -0.3 is 9.84 Å². The molecule has 3 rings (SSSR count). The average molecular weight is 275 g/mol. The van der Waals surface area contributed by atoms with Crippen LogP contribution in [-0.2, 0) is 9.53 Å². The maximum Gasteiger partial charge on any atom is 0.309 e. The number of likely N-dealkylation sites (N-methyl/N-ethyl adjacent to an activating group) is 1. The highest BCUT2D eigenvalue weighted by Crippen LogP contribution is 2.47. The van der Waals surface area contributed by atoms with Gasteiger partial charge in [-0.15, -0.1) is 0 Å². The zero-order chi connectivity index (χ0) is 14.3. The molecule has 1 aromatic rings. The van der Waals surface area contributed by atoms with Gasteiger partial charge in [0.05, 0.1) is 13.0 Å². The molecule has 4 heteroatoms. The Morgan fingerprint density at radius 1 is 1.40 bits per heavy atom. The molecule has 4 atom stereocenters. The first kappa shape index (κ1) is 13.4. The van der Waals surface area contributed by atoms with Crippen LogP contribution in [0.25, 0.3) is 0 Å². The number of phenolic OH excluding ortho intramolecular Hbond substituents is 1. The van der Waals surface area contributed by atoms with E-state index >= 15 is 0 Å². The quantitative estimate of drug-likeness (QED) is 0.840. The lowest BCUT2D eigenvalue weighted by molar-refractivity contribution is -0.149. The van der Waals surface area contributed by atoms with Crippen LogP contribution in [0, 0.1) is 5.92 Å². The van der Waals surface area contributed by atoms with Gasteiger partial charge in [-0.25, -0.2) is 0 Å². The Balaban J connectivity index is 2.00. The molecule has 4 nitrogen and oxygen atoms in total. The summed E-state index contributed by atoms with van der Waals surface area (Å²) in [5.41, 5.74) is 1.04. The van der Waals surface area contributed by atoms with Crippen LogP contribution in [0.15, 0.2) is 24.3 Å². The number of aromatic hydroxyl groups is 1. The molecule has 2 aliphatic rings. The lowest BCUT2D eigenvalue weighted by atomic mass is 9.76. The standard InChI is InChI=1S/C16H21NO3/c1-17-11-6-7-14(17)15(13(9-11)16(19)20-2)10-4-3-5-12(18)8-10/h3-5,8,11,13-15,18H,6-7,9H2,1-2H3/t11-,13+,14-,15+/m1/s1. The molecule has 20 heavy (non-hydrogen) atoms. The molecule has 2 heterocycles. The summed E-state index contributed by atoms with van der Waals surface area (Å²) in [6.45, 7) is 0. The fourth-order valence-corrected chi connectivity index (χ4v) is 4.05. The summed E-state index contributed by atoms with van der Waals surface area (Å²) in [6, 6.07) is 8.15. The molecule has 0 unspecified atom stereocenters. The van der Waals surface area contributed by atoms with Gasteiger partial charge in [-0.1, -0.05) is 12.1 Å². The maximum absolute atomic E-state index is 12.2. The Bertz CT molecular complexity index is 516. The van der Waals surface area contributed by atoms with Crippen LogP contribution in [0.5, 0.6) is 5.75 Å². The zero-order valence-corrected chi connectivity index (χ0v) is 12.0. The summed E-state index contributed by atoms with van der Waals surface area (Å²) in [4.78, 5) is 14.6. The highest BCUT2D eigenvalue weighted by Gasteiger charge is 2.49. The highest BCUT2D eigenvalue weighted by atomic mass is 16.5. The SMILES string of the molecule is COC(=O)[C@H]1C[C@H]2CC[C@H]([C@H]1c1cccc(O)c1)N2C. The summed E-state index contributed by atoms with van der Waals surface area (Å²) in [5, 5.41) is 9.73. The molecule has 2 fully saturated rings. The third-order valence-electron chi connectivity index (χ3n) is 5.03. The second-order valence-electron chi connectivity index (χ2n) is 5.95. The van der Waals surface area contributed by atoms with Crippen molar-refractivity contribution in [1.82, 2.24) is 4.90 Å². The van der Waals surface area contributed by atoms with E-state index in [-0.39, 0.29) is 23.6 Å². The van der Waals surface area contributed by atoms with Crippen LogP contribution >= 0.6 is 0 Å². The number of fused-ring (bicyclic) bond motifs is 2. The van der Waals surface area contributed by atoms with E-state index in [1.54, 1.807) is 12.1 Å². The van der Waals surface area contributed by atoms with Crippen molar-refractivity contribution in [2.75, 3.05) is 14.2 Å². The maximum atomic E-state index is 12.2. The first-order valence-corrected chi connectivity index (χ1v) is 7.20. The Morgan fingerprint density at radius 3 is 2.90 bits per heavy atom. The third-order valence-corrected chi connectivity index (χ3v) is 5.03. The topological polar surface area (TPSA) is 49.8 Å². The average Bonchev–Trinajstić information content (AvgIpc) is 2.69. The molecule has 1 aromatic carbocycles. The van der Waals surface area contributed by atoms with Gasteiger partial charge in [0.1, 0.15) is 5.75 Å². The van der Waals surface area contributed by atoms with E-state index in [1.165, 1.54) is 7.11 Å². The summed E-state index contributed by atoms with van der Waals surface area (Å²) < 4.78 is 5.01. The smallest absolute Gasteiger partial charge is 0.309 e. The Morgan fingerprint density at radius 2 is 2.20 bits per heavy atom. The van der Waals surface area contributed by atoms with Crippen LogP contribution in [0.1, 0.15) is 30.7 Å². The molecular formula is C16H21NO3. The van der Waals surface area contributed by atoms with E-state index in [1.807, 2.05) is 12.1 Å². The monoisotopic (exact) mass is 275 g/mol. The molecule has 2 aliphatic heterocycles. The number of esters is 1. The minimum Gasteiger partial charge on any atom is -0.508 e. The fraction of sp³-hybridized carbons (Fsp3) is 0.562. The summed E-state index contributed by atoms with van der Waals surface area (Å²) in [6.07, 6.45) is 3.10. The van der Waals surface area contributed by atoms with Gasteiger partial charge in [0.25, 0.3) is 0 Å². The number of hydrogen-bond donors (Lipinski definition) is 1. The molecule has 0 aliphatic carbocycles. The molecular weight excluding hydrogens is 254 g/mol. The Kier molecular flexibility index (Phi) is 3.42. The molecule has 0 spiro atoms. The molecule has 2 saturated heterocycles. The number of piperidine rings is 1. The van der Waals surface area contributed by atoms with E-state index in [0.717, 1.165) is 24.8 Å². The van der Waals surface area contributed by atoms with Gasteiger partial charge in [0.15, 0.2) is 0 Å². The predicted octanol–water partition coefficient (Wildman–Crippen LogP) is 2.13. The number of rotatable bonds is 2. The van der Waals surface area contributed by atoms with Crippen LogP contribution in [0.2, 0.25) is 0 Å². The predicted molar refractivity (Wildman–Crippen MR) is 75.5 cm³/mol. The highest BCUT2D eigenvalue weighted by molar-refractivity contribution is 5.74. The summed E-state index contributed by atoms with van der Waals surface area (Å²) in [7, 11) is 3.60. The van der Waals surface area contributed by atoms with Crippen LogP contribution < -0.4 is 0 Å². The van der Waals surface area contributed by atoms with Crippen LogP contribution in [0.3, 0.4) is 0 Å². The zero-order valence-electron chi connectivity index (χ0n) is 12.0. The number of phenols is 1. The minimum absolute atomic E-state index is 0.101. The molecule has 0 aromatic heterocycles. The van der Waals surface area contributed by atoms with Gasteiger partial charge in [-0.2, -0.15) is 0 Å². The summed E-state index contributed by atoms with van der Waals surface area (Å²) >= 11 is 0. The molecule has 0 saturated carbocycles. The van der Waals surface area contributed by atoms with Gasteiger partial charge in [-0.05, 0) is 44.0 Å². The minimum atomic E-state index is -0.122. The van der Waals surface area contributed by atoms with E-state index in [4.69, 9.17) is 4.74 Å². The van der Waals surface area contributed by atoms with Gasteiger partial charge in [-0.3, -0.25) is 9.69 Å². The van der Waals surface area contributed by atoms with Crippen molar-refractivity contribution < 1.29 is 14.6 Å². The van der Waals surface area contributed by atoms with Crippen LogP contribution in [0.4, 0.5) is 0 Å². The second-order valence-corrected chi connectivity index (χ2v) is 5.95. The van der Waals surface area contributed by atoms with Gasteiger partial charge in [0, 0.05) is 18.0 Å². The van der Waals surface area contributed by atoms with Crippen molar-refractivity contribution in [1.29, 1.82) is 0 Å². The van der Waals surface area contributed by atoms with E-state index in [2.05, 4.69) is 11.9 Å². The number of nitrogens with zero attached hydrogens (tertiary/aromatic N) is 1. The number of methoxy groups -OCH3 is 1. The first-order valence-electron chi connectivity index (χ1n) is 7.20. The van der Waals surface area contributed by atoms with E-state index in [0.29, 0.717) is 12.1 Å². The van der Waals surface area contributed by atoms with Crippen molar-refractivity contribution in [3.05, 3.63) is 29.8 Å². The molecule has 2 bridgehead atoms. The number of carbonyl (C=O) groups excluding carboxylic acids is 1. The number of hydrogen-bond acceptors (Lipinski definition) is 4. The number of benzene rings is 1. The molecule has 1 N–H and O–H groups in total. The fourth-order valence-electron chi connectivity index (χ4n) is 4.05. The van der Waals surface area contributed by atoms with Crippen molar-refractivity contribution in [2.24, 2.45) is 5.92 Å². The van der Waals surface area contributed by atoms with Gasteiger partial charge >= 0.3 is 5.97 Å². The third kappa shape index (κ3) is 2.08. The Labute approximate surface area is 119 Å². The van der Waals surface area contributed by atoms with E-state index < -0.39 is 0 Å². The normalized spacial score (nSPS) is 33.1. The number of carbonyl (C=O) groups is 1. The summed E-state index contributed by atoms with van der Waals surface area (Å²) in [5.74, 6) is 0.144. The molecule has 0 radical (unpaired) electrons. The van der Waals surface area contributed by atoms with Gasteiger partial charge in [0.2, 0.25) is 0 Å². The van der Waals surface area contributed by atoms with Crippen molar-refractivity contribution in [3.8, 4) is 5.75 Å². The molecule has 0 amide bonds. The Hall–Kier alpha value is -1.55. The molecule has 108 valence electrons. The lowest BCUT2D eigenvalue weighted by Gasteiger charge is -2.42. The largest absolute Gasteiger partial charge is 0.508 e. The van der Waals surface area contributed by atoms with Crippen molar-refractivity contribution >= 4 is 5.97 Å². The second kappa shape index (κ2) is 5.09. The van der Waals surface area contributed by atoms with Crippen molar-refractivity contribution in [3.63, 3.8) is 0 Å². The van der Waals surface area contributed by atoms with E-state index in [9.17, 15) is 9.90 Å². The first-order chi connectivity index (χ1) is 9.61. The van der Waals surface area contributed by atoms with Crippen molar-refractivity contribution in [2.45, 2.75) is 37.3 Å². The van der Waals surface area contributed by atoms with Crippen LogP contribution in [-0.4, -0.2) is 42.2 Å².